The van der Waals surface area contributed by atoms with Crippen molar-refractivity contribution < 1.29 is 18.6 Å². The number of sulfonamides is 1. The van der Waals surface area contributed by atoms with Crippen molar-refractivity contribution in [2.75, 3.05) is 0 Å². The standard InChI is InChI=1S/C6H7NO4S/c7-12(10,11)5-3-1-2-4(8)6(5)9/h1-3,8-9H,(H2,7,10,11). The van der Waals surface area contributed by atoms with Gasteiger partial charge in [-0.05, 0) is 12.1 Å². The summed E-state index contributed by atoms with van der Waals surface area (Å²) in [6, 6.07) is 3.53. The van der Waals surface area contributed by atoms with Gasteiger partial charge in [0.2, 0.25) is 10.0 Å². The zero-order chi connectivity index (χ0) is 9.35. The van der Waals surface area contributed by atoms with Gasteiger partial charge in [-0.1, -0.05) is 6.07 Å². The van der Waals surface area contributed by atoms with Crippen molar-refractivity contribution in [1.29, 1.82) is 0 Å². The smallest absolute Gasteiger partial charge is 0.241 e. The Morgan fingerprint density at radius 2 is 1.83 bits per heavy atom. The first-order valence-corrected chi connectivity index (χ1v) is 4.51. The number of primary sulfonamides is 1. The number of para-hydroxylation sites is 1. The van der Waals surface area contributed by atoms with E-state index in [1.807, 2.05) is 0 Å². The Kier molecular flexibility index (Phi) is 1.95. The molecule has 0 amide bonds. The number of hydrogen-bond donors (Lipinski definition) is 3. The van der Waals surface area contributed by atoms with Crippen LogP contribution >= 0.6 is 0 Å². The average Bonchev–Trinajstić information content (AvgIpc) is 1.92. The van der Waals surface area contributed by atoms with Crippen LogP contribution in [0.2, 0.25) is 0 Å². The third-order valence-corrected chi connectivity index (χ3v) is 2.23. The highest BCUT2D eigenvalue weighted by Crippen LogP contribution is 2.30. The lowest BCUT2D eigenvalue weighted by Crippen LogP contribution is -2.12. The monoisotopic (exact) mass is 189 g/mol. The normalized spacial score (nSPS) is 11.4. The largest absolute Gasteiger partial charge is 0.504 e. The molecule has 0 spiro atoms. The summed E-state index contributed by atoms with van der Waals surface area (Å²) < 4.78 is 21.4. The molecule has 6 heteroatoms. The van der Waals surface area contributed by atoms with Gasteiger partial charge in [-0.3, -0.25) is 0 Å². The minimum absolute atomic E-state index is 0.484. The average molecular weight is 189 g/mol. The molecule has 0 radical (unpaired) electrons. The second-order valence-electron chi connectivity index (χ2n) is 2.17. The number of phenolic OH excluding ortho intramolecular Hbond substituents is 2. The Morgan fingerprint density at radius 3 is 2.25 bits per heavy atom. The third kappa shape index (κ3) is 1.49. The summed E-state index contributed by atoms with van der Waals surface area (Å²) in [5, 5.41) is 22.6. The van der Waals surface area contributed by atoms with Crippen LogP contribution in [0.1, 0.15) is 0 Å². The highest BCUT2D eigenvalue weighted by atomic mass is 32.2. The van der Waals surface area contributed by atoms with Crippen molar-refractivity contribution in [2.45, 2.75) is 4.90 Å². The van der Waals surface area contributed by atoms with Gasteiger partial charge in [0.25, 0.3) is 0 Å². The molecule has 4 N–H and O–H groups in total. The van der Waals surface area contributed by atoms with Gasteiger partial charge in [-0.25, -0.2) is 13.6 Å². The minimum atomic E-state index is -3.97. The van der Waals surface area contributed by atoms with Gasteiger partial charge < -0.3 is 10.2 Å². The van der Waals surface area contributed by atoms with E-state index in [-0.39, 0.29) is 0 Å². The maximum atomic E-state index is 10.7. The molecule has 5 nitrogen and oxygen atoms in total. The maximum absolute atomic E-state index is 10.7. The highest BCUT2D eigenvalue weighted by Gasteiger charge is 2.15. The van der Waals surface area contributed by atoms with Gasteiger partial charge in [-0.15, -0.1) is 0 Å². The van der Waals surface area contributed by atoms with Gasteiger partial charge in [0.1, 0.15) is 4.90 Å². The van der Waals surface area contributed by atoms with Crippen molar-refractivity contribution in [3.05, 3.63) is 18.2 Å². The van der Waals surface area contributed by atoms with E-state index in [1.54, 1.807) is 0 Å². The fourth-order valence-electron chi connectivity index (χ4n) is 0.740. The van der Waals surface area contributed by atoms with Crippen molar-refractivity contribution in [3.8, 4) is 11.5 Å². The summed E-state index contributed by atoms with van der Waals surface area (Å²) in [6.07, 6.45) is 0. The molecule has 0 aliphatic rings. The van der Waals surface area contributed by atoms with Gasteiger partial charge in [0, 0.05) is 0 Å². The van der Waals surface area contributed by atoms with Gasteiger partial charge in [0.15, 0.2) is 11.5 Å². The van der Waals surface area contributed by atoms with E-state index in [4.69, 9.17) is 15.4 Å². The van der Waals surface area contributed by atoms with Gasteiger partial charge >= 0.3 is 0 Å². The van der Waals surface area contributed by atoms with E-state index in [0.717, 1.165) is 12.1 Å². The summed E-state index contributed by atoms with van der Waals surface area (Å²) in [7, 11) is -3.97. The van der Waals surface area contributed by atoms with Gasteiger partial charge in [-0.2, -0.15) is 0 Å². The lowest BCUT2D eigenvalue weighted by Gasteiger charge is -2.02. The summed E-state index contributed by atoms with van der Waals surface area (Å²) >= 11 is 0. The molecule has 0 heterocycles. The summed E-state index contributed by atoms with van der Waals surface area (Å²) in [5.41, 5.74) is 0. The third-order valence-electron chi connectivity index (χ3n) is 1.28. The van der Waals surface area contributed by atoms with E-state index in [2.05, 4.69) is 0 Å². The fourth-order valence-corrected chi connectivity index (χ4v) is 1.38. The predicted molar refractivity (Wildman–Crippen MR) is 41.1 cm³/mol. The van der Waals surface area contributed by atoms with Crippen LogP contribution in [0.4, 0.5) is 0 Å². The summed E-state index contributed by atoms with van der Waals surface area (Å²) in [5.74, 6) is -1.23. The number of nitrogens with two attached hydrogens (primary N) is 1. The van der Waals surface area contributed by atoms with Crippen molar-refractivity contribution in [3.63, 3.8) is 0 Å². The van der Waals surface area contributed by atoms with Crippen molar-refractivity contribution in [2.24, 2.45) is 5.14 Å². The Hall–Kier alpha value is -1.27. The van der Waals surface area contributed by atoms with E-state index in [1.165, 1.54) is 6.07 Å². The van der Waals surface area contributed by atoms with Crippen LogP contribution in [0, 0.1) is 0 Å². The molecule has 1 aromatic rings. The quantitative estimate of drug-likeness (QED) is 0.530. The molecule has 0 aliphatic carbocycles. The molecular weight excluding hydrogens is 182 g/mol. The molecule has 12 heavy (non-hydrogen) atoms. The second-order valence-corrected chi connectivity index (χ2v) is 3.70. The molecule has 66 valence electrons. The number of benzene rings is 1. The highest BCUT2D eigenvalue weighted by molar-refractivity contribution is 7.89. The molecular formula is C6H7NO4S. The maximum Gasteiger partial charge on any atom is 0.241 e. The SMILES string of the molecule is NS(=O)(=O)c1cccc(O)c1O. The van der Waals surface area contributed by atoms with Crippen LogP contribution in [0.15, 0.2) is 23.1 Å². The van der Waals surface area contributed by atoms with Crippen molar-refractivity contribution in [1.82, 2.24) is 0 Å². The van der Waals surface area contributed by atoms with E-state index in [9.17, 15) is 8.42 Å². The van der Waals surface area contributed by atoms with Crippen LogP contribution in [0.25, 0.3) is 0 Å². The molecule has 0 fully saturated rings. The van der Waals surface area contributed by atoms with Crippen molar-refractivity contribution >= 4 is 10.0 Å². The topological polar surface area (TPSA) is 101 Å². The zero-order valence-electron chi connectivity index (χ0n) is 5.93. The van der Waals surface area contributed by atoms with E-state index >= 15 is 0 Å². The summed E-state index contributed by atoms with van der Waals surface area (Å²) in [6.45, 7) is 0. The lowest BCUT2D eigenvalue weighted by atomic mass is 10.3. The molecule has 0 aliphatic heterocycles. The Morgan fingerprint density at radius 1 is 1.25 bits per heavy atom. The lowest BCUT2D eigenvalue weighted by molar-refractivity contribution is 0.393. The fraction of sp³-hybridized carbons (Fsp3) is 0. The molecule has 1 rings (SSSR count). The molecule has 0 atom stereocenters. The summed E-state index contributed by atoms with van der Waals surface area (Å²) in [4.78, 5) is -0.484. The Labute approximate surface area is 69.1 Å². The van der Waals surface area contributed by atoms with Crippen LogP contribution in [-0.2, 0) is 10.0 Å². The molecule has 0 saturated carbocycles. The first-order chi connectivity index (χ1) is 5.43. The zero-order valence-corrected chi connectivity index (χ0v) is 6.75. The number of hydrogen-bond acceptors (Lipinski definition) is 4. The first-order valence-electron chi connectivity index (χ1n) is 2.96. The van der Waals surface area contributed by atoms with Crippen LogP contribution in [0.3, 0.4) is 0 Å². The first kappa shape index (κ1) is 8.82. The van der Waals surface area contributed by atoms with E-state index < -0.39 is 26.4 Å². The number of phenols is 2. The minimum Gasteiger partial charge on any atom is -0.504 e. The van der Waals surface area contributed by atoms with Crippen LogP contribution in [-0.4, -0.2) is 18.6 Å². The van der Waals surface area contributed by atoms with E-state index in [0.29, 0.717) is 0 Å². The molecule has 0 unspecified atom stereocenters. The number of rotatable bonds is 1. The van der Waals surface area contributed by atoms with Crippen LogP contribution in [0.5, 0.6) is 11.5 Å². The second kappa shape index (κ2) is 2.65. The molecule has 1 aromatic carbocycles. The molecule has 0 bridgehead atoms. The Bertz CT molecular complexity index is 398. The molecule has 0 aromatic heterocycles. The Balaban J connectivity index is 3.47. The number of aromatic hydroxyl groups is 2. The molecule has 0 saturated heterocycles. The van der Waals surface area contributed by atoms with Crippen LogP contribution < -0.4 is 5.14 Å². The van der Waals surface area contributed by atoms with Gasteiger partial charge in [0.05, 0.1) is 0 Å². The predicted octanol–water partition coefficient (Wildman–Crippen LogP) is -0.255.